The number of aryl methyl sites for hydroxylation is 2. The molecule has 4 aromatic rings. The third-order valence-electron chi connectivity index (χ3n) is 4.98. The summed E-state index contributed by atoms with van der Waals surface area (Å²) in [5.41, 5.74) is 1.57. The van der Waals surface area contributed by atoms with Crippen LogP contribution in [-0.4, -0.2) is 19.5 Å². The molecule has 0 N–H and O–H groups in total. The van der Waals surface area contributed by atoms with Gasteiger partial charge in [-0.25, -0.2) is 15.0 Å². The highest BCUT2D eigenvalue weighted by Crippen LogP contribution is 2.39. The Bertz CT molecular complexity index is 1360. The lowest BCUT2D eigenvalue weighted by Gasteiger charge is -2.09. The Labute approximate surface area is 185 Å². The molecule has 0 radical (unpaired) electrons. The maximum Gasteiger partial charge on any atom is 0.177 e. The number of nitriles is 2. The molecule has 0 spiro atoms. The Kier molecular flexibility index (Phi) is 4.92. The zero-order valence-corrected chi connectivity index (χ0v) is 18.0. The zero-order valence-electron chi connectivity index (χ0n) is 15.6. The molecule has 30 heavy (non-hydrogen) atoms. The number of rotatable bonds is 4. The predicted octanol–water partition coefficient (Wildman–Crippen LogP) is 5.05. The predicted molar refractivity (Wildman–Crippen MR) is 117 cm³/mol. The first-order chi connectivity index (χ1) is 14.7. The van der Waals surface area contributed by atoms with Crippen LogP contribution >= 0.6 is 34.7 Å². The third-order valence-corrected chi connectivity index (χ3v) is 7.43. The van der Waals surface area contributed by atoms with Crippen LogP contribution in [0.15, 0.2) is 35.5 Å². The maximum atomic E-state index is 9.62. The standard InChI is InChI=1S/C21H13ClN6S2/c22-12-4-6-13(7-5-12)29-10-18-26-20(28-11-25-15(8-23)16(28)9-24)19-14-2-1-3-17(14)30-21(19)27-18/h4-7,11H,1-3,10H2. The number of thioether (sulfide) groups is 1. The molecular weight excluding hydrogens is 436 g/mol. The van der Waals surface area contributed by atoms with Gasteiger partial charge in [0, 0.05) is 14.8 Å². The molecule has 0 amide bonds. The van der Waals surface area contributed by atoms with Gasteiger partial charge < -0.3 is 0 Å². The number of thiophene rings is 1. The van der Waals surface area contributed by atoms with Crippen molar-refractivity contribution in [1.29, 1.82) is 10.5 Å². The van der Waals surface area contributed by atoms with Crippen LogP contribution in [0.3, 0.4) is 0 Å². The van der Waals surface area contributed by atoms with Crippen molar-refractivity contribution in [3.05, 3.63) is 63.3 Å². The summed E-state index contributed by atoms with van der Waals surface area (Å²) in [7, 11) is 0. The van der Waals surface area contributed by atoms with Gasteiger partial charge in [-0.05, 0) is 49.1 Å². The molecule has 0 aliphatic heterocycles. The number of imidazole rings is 1. The summed E-state index contributed by atoms with van der Waals surface area (Å²) in [5, 5.41) is 20.6. The molecule has 0 fully saturated rings. The molecule has 1 aliphatic carbocycles. The quantitative estimate of drug-likeness (QED) is 0.405. The topological polar surface area (TPSA) is 91.2 Å². The van der Waals surface area contributed by atoms with Crippen molar-refractivity contribution in [3.8, 4) is 18.0 Å². The summed E-state index contributed by atoms with van der Waals surface area (Å²) in [4.78, 5) is 17.1. The number of aromatic nitrogens is 4. The van der Waals surface area contributed by atoms with E-state index in [0.717, 1.165) is 34.4 Å². The van der Waals surface area contributed by atoms with E-state index >= 15 is 0 Å². The van der Waals surface area contributed by atoms with Crippen LogP contribution in [0.1, 0.15) is 34.1 Å². The molecule has 3 aromatic heterocycles. The first-order valence-corrected chi connectivity index (χ1v) is 11.4. The summed E-state index contributed by atoms with van der Waals surface area (Å²) in [6.45, 7) is 0. The average molecular weight is 449 g/mol. The fourth-order valence-corrected chi connectivity index (χ4v) is 5.79. The summed E-state index contributed by atoms with van der Waals surface area (Å²) in [6, 6.07) is 11.7. The molecule has 1 aromatic carbocycles. The van der Waals surface area contributed by atoms with E-state index in [0.29, 0.717) is 22.4 Å². The van der Waals surface area contributed by atoms with Crippen LogP contribution < -0.4 is 0 Å². The van der Waals surface area contributed by atoms with E-state index in [1.54, 1.807) is 27.7 Å². The Hall–Kier alpha value is -2.91. The van der Waals surface area contributed by atoms with Gasteiger partial charge in [0.25, 0.3) is 0 Å². The number of hydrogen-bond acceptors (Lipinski definition) is 7. The monoisotopic (exact) mass is 448 g/mol. The van der Waals surface area contributed by atoms with Gasteiger partial charge in [-0.3, -0.25) is 4.57 Å². The Morgan fingerprint density at radius 3 is 2.73 bits per heavy atom. The molecule has 1 aliphatic rings. The van der Waals surface area contributed by atoms with Crippen LogP contribution in [0.5, 0.6) is 0 Å². The van der Waals surface area contributed by atoms with Gasteiger partial charge >= 0.3 is 0 Å². The molecule has 3 heterocycles. The van der Waals surface area contributed by atoms with Crippen molar-refractivity contribution in [2.24, 2.45) is 0 Å². The summed E-state index contributed by atoms with van der Waals surface area (Å²) in [6.07, 6.45) is 4.65. The normalized spacial score (nSPS) is 12.6. The second kappa shape index (κ2) is 7.73. The van der Waals surface area contributed by atoms with Crippen LogP contribution in [0.25, 0.3) is 16.0 Å². The fourth-order valence-electron chi connectivity index (χ4n) is 3.63. The van der Waals surface area contributed by atoms with E-state index in [4.69, 9.17) is 21.6 Å². The molecule has 5 rings (SSSR count). The molecule has 6 nitrogen and oxygen atoms in total. The van der Waals surface area contributed by atoms with Crippen LogP contribution in [-0.2, 0) is 18.6 Å². The molecule has 0 atom stereocenters. The van der Waals surface area contributed by atoms with E-state index in [-0.39, 0.29) is 11.4 Å². The van der Waals surface area contributed by atoms with E-state index in [1.807, 2.05) is 30.3 Å². The summed E-state index contributed by atoms with van der Waals surface area (Å²) in [5.74, 6) is 1.89. The number of fused-ring (bicyclic) bond motifs is 3. The minimum atomic E-state index is 0.105. The van der Waals surface area contributed by atoms with Crippen molar-refractivity contribution in [3.63, 3.8) is 0 Å². The van der Waals surface area contributed by atoms with Gasteiger partial charge in [-0.15, -0.1) is 23.1 Å². The average Bonchev–Trinajstić information content (AvgIpc) is 3.46. The van der Waals surface area contributed by atoms with Gasteiger partial charge in [-0.1, -0.05) is 11.6 Å². The smallest absolute Gasteiger partial charge is 0.177 e. The van der Waals surface area contributed by atoms with Gasteiger partial charge in [0.2, 0.25) is 0 Å². The van der Waals surface area contributed by atoms with Crippen molar-refractivity contribution >= 4 is 44.9 Å². The Morgan fingerprint density at radius 2 is 1.97 bits per heavy atom. The summed E-state index contributed by atoms with van der Waals surface area (Å²) >= 11 is 9.29. The molecule has 0 saturated heterocycles. The van der Waals surface area contributed by atoms with Crippen LogP contribution in [0.4, 0.5) is 0 Å². The molecule has 0 unspecified atom stereocenters. The minimum Gasteiger partial charge on any atom is -0.272 e. The molecule has 146 valence electrons. The van der Waals surface area contributed by atoms with Gasteiger partial charge in [0.15, 0.2) is 17.2 Å². The first kappa shape index (κ1) is 19.1. The van der Waals surface area contributed by atoms with Gasteiger partial charge in [0.05, 0.1) is 11.1 Å². The van der Waals surface area contributed by atoms with Crippen molar-refractivity contribution in [2.75, 3.05) is 0 Å². The largest absolute Gasteiger partial charge is 0.272 e. The highest BCUT2D eigenvalue weighted by Gasteiger charge is 2.25. The minimum absolute atomic E-state index is 0.105. The molecule has 9 heteroatoms. The van der Waals surface area contributed by atoms with E-state index in [9.17, 15) is 10.5 Å². The highest BCUT2D eigenvalue weighted by molar-refractivity contribution is 7.98. The highest BCUT2D eigenvalue weighted by atomic mass is 35.5. The SMILES string of the molecule is N#Cc1ncn(-c2nc(CSc3ccc(Cl)cc3)nc3sc4c(c23)CCC4)c1C#N. The number of halogens is 1. The lowest BCUT2D eigenvalue weighted by Crippen LogP contribution is -2.05. The molecule has 0 saturated carbocycles. The third kappa shape index (κ3) is 3.23. The lowest BCUT2D eigenvalue weighted by molar-refractivity contribution is 0.911. The molecule has 0 bridgehead atoms. The fraction of sp³-hybridized carbons (Fsp3) is 0.190. The van der Waals surface area contributed by atoms with Crippen LogP contribution in [0, 0.1) is 22.7 Å². The van der Waals surface area contributed by atoms with E-state index < -0.39 is 0 Å². The van der Waals surface area contributed by atoms with Gasteiger partial charge in [0.1, 0.15) is 29.1 Å². The van der Waals surface area contributed by atoms with Gasteiger partial charge in [-0.2, -0.15) is 10.5 Å². The van der Waals surface area contributed by atoms with E-state index in [1.165, 1.54) is 16.8 Å². The second-order valence-corrected chi connectivity index (χ2v) is 9.35. The van der Waals surface area contributed by atoms with Crippen molar-refractivity contribution in [2.45, 2.75) is 29.9 Å². The van der Waals surface area contributed by atoms with E-state index in [2.05, 4.69) is 11.1 Å². The molecular formula is C21H13ClN6S2. The number of benzene rings is 1. The van der Waals surface area contributed by atoms with Crippen molar-refractivity contribution in [1.82, 2.24) is 19.5 Å². The zero-order chi connectivity index (χ0) is 20.7. The second-order valence-electron chi connectivity index (χ2n) is 6.78. The maximum absolute atomic E-state index is 9.62. The van der Waals surface area contributed by atoms with Crippen LogP contribution in [0.2, 0.25) is 5.02 Å². The lowest BCUT2D eigenvalue weighted by atomic mass is 10.2. The summed E-state index contributed by atoms with van der Waals surface area (Å²) < 4.78 is 1.63. The first-order valence-electron chi connectivity index (χ1n) is 9.25. The Balaban J connectivity index is 1.63. The Morgan fingerprint density at radius 1 is 1.13 bits per heavy atom. The number of nitrogens with zero attached hydrogens (tertiary/aromatic N) is 6. The number of hydrogen-bond donors (Lipinski definition) is 0. The van der Waals surface area contributed by atoms with Crippen molar-refractivity contribution < 1.29 is 0 Å².